The first-order valence-electron chi connectivity index (χ1n) is 11.2. The Bertz CT molecular complexity index is 1530. The van der Waals surface area contributed by atoms with Crippen LogP contribution in [0.5, 0.6) is 5.75 Å². The van der Waals surface area contributed by atoms with E-state index in [9.17, 15) is 14.4 Å². The molecule has 0 unspecified atom stereocenters. The van der Waals surface area contributed by atoms with Crippen LogP contribution in [0.3, 0.4) is 0 Å². The number of thiophene rings is 1. The third kappa shape index (κ3) is 4.17. The number of carbonyl (C=O) groups excluding carboxylic acids is 2. The molecular formula is C25H21N5O4S. The highest BCUT2D eigenvalue weighted by Crippen LogP contribution is 2.35. The van der Waals surface area contributed by atoms with Gasteiger partial charge in [-0.15, -0.1) is 11.3 Å². The average molecular weight is 488 g/mol. The van der Waals surface area contributed by atoms with Crippen molar-refractivity contribution in [1.82, 2.24) is 20.2 Å². The second-order valence-corrected chi connectivity index (χ2v) is 9.66. The summed E-state index contributed by atoms with van der Waals surface area (Å²) in [6.07, 6.45) is 0. The molecule has 0 spiro atoms. The molecule has 35 heavy (non-hydrogen) atoms. The second kappa shape index (κ2) is 8.64. The smallest absolute Gasteiger partial charge is 0.287 e. The molecule has 6 rings (SSSR count). The number of rotatable bonds is 5. The van der Waals surface area contributed by atoms with Crippen molar-refractivity contribution < 1.29 is 14.3 Å². The third-order valence-electron chi connectivity index (χ3n) is 6.09. The van der Waals surface area contributed by atoms with Gasteiger partial charge in [0.2, 0.25) is 5.82 Å². The molecule has 4 aromatic rings. The van der Waals surface area contributed by atoms with Crippen LogP contribution in [0, 0.1) is 0 Å². The molecule has 0 bridgehead atoms. The Hall–Kier alpha value is -4.02. The normalized spacial score (nSPS) is 14.8. The molecule has 0 aliphatic carbocycles. The molecule has 2 amide bonds. The van der Waals surface area contributed by atoms with Gasteiger partial charge in [-0.1, -0.05) is 36.4 Å². The van der Waals surface area contributed by atoms with Gasteiger partial charge in [-0.2, -0.15) is 0 Å². The number of hydrogen-bond donors (Lipinski definition) is 3. The largest absolute Gasteiger partial charge is 0.482 e. The quantitative estimate of drug-likeness (QED) is 0.399. The predicted octanol–water partition coefficient (Wildman–Crippen LogP) is 2.76. The maximum absolute atomic E-state index is 12.9. The van der Waals surface area contributed by atoms with Crippen molar-refractivity contribution in [2.24, 2.45) is 0 Å². The molecule has 0 saturated heterocycles. The van der Waals surface area contributed by atoms with Crippen LogP contribution >= 0.6 is 11.3 Å². The molecule has 10 heteroatoms. The number of ether oxygens (including phenoxy) is 1. The van der Waals surface area contributed by atoms with E-state index < -0.39 is 5.91 Å². The lowest BCUT2D eigenvalue weighted by atomic mass is 10.1. The van der Waals surface area contributed by atoms with E-state index in [1.807, 2.05) is 18.2 Å². The fourth-order valence-electron chi connectivity index (χ4n) is 4.46. The molecule has 2 aromatic carbocycles. The van der Waals surface area contributed by atoms with Gasteiger partial charge >= 0.3 is 0 Å². The van der Waals surface area contributed by atoms with E-state index in [1.54, 1.807) is 18.2 Å². The van der Waals surface area contributed by atoms with Gasteiger partial charge in [0.1, 0.15) is 10.6 Å². The maximum Gasteiger partial charge on any atom is 0.287 e. The number of amides is 2. The van der Waals surface area contributed by atoms with E-state index in [-0.39, 0.29) is 30.4 Å². The average Bonchev–Trinajstić information content (AvgIpc) is 3.39. The van der Waals surface area contributed by atoms with Gasteiger partial charge in [0.15, 0.2) is 6.61 Å². The molecule has 0 fully saturated rings. The molecule has 0 saturated carbocycles. The molecule has 3 N–H and O–H groups in total. The summed E-state index contributed by atoms with van der Waals surface area (Å²) in [6, 6.07) is 15.5. The second-order valence-electron chi connectivity index (χ2n) is 8.58. The number of hydrogen-bond acceptors (Lipinski definition) is 7. The zero-order valence-electron chi connectivity index (χ0n) is 18.6. The highest BCUT2D eigenvalue weighted by Gasteiger charge is 2.27. The summed E-state index contributed by atoms with van der Waals surface area (Å²) >= 11 is 1.47. The van der Waals surface area contributed by atoms with Crippen LogP contribution in [0.2, 0.25) is 0 Å². The Morgan fingerprint density at radius 3 is 2.83 bits per heavy atom. The van der Waals surface area contributed by atoms with Crippen LogP contribution in [0.4, 0.5) is 5.69 Å². The van der Waals surface area contributed by atoms with E-state index in [2.05, 4.69) is 37.6 Å². The van der Waals surface area contributed by atoms with Crippen LogP contribution < -0.4 is 20.9 Å². The Balaban J connectivity index is 1.17. The van der Waals surface area contributed by atoms with Gasteiger partial charge in [0.25, 0.3) is 17.4 Å². The number of benzene rings is 2. The number of fused-ring (bicyclic) bond motifs is 4. The van der Waals surface area contributed by atoms with Crippen LogP contribution in [-0.4, -0.2) is 33.3 Å². The molecule has 2 aliphatic rings. The number of nitrogens with zero attached hydrogens (tertiary/aromatic N) is 2. The Morgan fingerprint density at radius 2 is 1.97 bits per heavy atom. The van der Waals surface area contributed by atoms with Crippen molar-refractivity contribution in [2.75, 3.05) is 11.9 Å². The summed E-state index contributed by atoms with van der Waals surface area (Å²) in [4.78, 5) is 48.3. The molecule has 0 radical (unpaired) electrons. The molecule has 2 aromatic heterocycles. The van der Waals surface area contributed by atoms with Gasteiger partial charge < -0.3 is 20.4 Å². The van der Waals surface area contributed by atoms with Crippen LogP contribution in [0.25, 0.3) is 10.2 Å². The van der Waals surface area contributed by atoms with Crippen molar-refractivity contribution in [3.63, 3.8) is 0 Å². The Kier molecular flexibility index (Phi) is 5.31. The van der Waals surface area contributed by atoms with Crippen molar-refractivity contribution in [3.05, 3.63) is 86.3 Å². The summed E-state index contributed by atoms with van der Waals surface area (Å²) in [7, 11) is 0. The summed E-state index contributed by atoms with van der Waals surface area (Å²) in [5.74, 6) is -0.122. The third-order valence-corrected chi connectivity index (χ3v) is 7.20. The Morgan fingerprint density at radius 1 is 1.11 bits per heavy atom. The summed E-state index contributed by atoms with van der Waals surface area (Å²) < 4.78 is 5.35. The number of carbonyl (C=O) groups is 2. The number of H-pyrrole nitrogens is 1. The maximum atomic E-state index is 12.9. The number of nitrogens with one attached hydrogen (secondary N) is 3. The number of aromatic nitrogens is 2. The lowest BCUT2D eigenvalue weighted by Crippen LogP contribution is -2.28. The van der Waals surface area contributed by atoms with Gasteiger partial charge in [-0.25, -0.2) is 4.98 Å². The molecule has 2 aliphatic heterocycles. The monoisotopic (exact) mass is 487 g/mol. The fraction of sp³-hybridized carbons (Fsp3) is 0.200. The lowest BCUT2D eigenvalue weighted by Gasteiger charge is -2.18. The van der Waals surface area contributed by atoms with Crippen LogP contribution in [0.15, 0.2) is 53.3 Å². The summed E-state index contributed by atoms with van der Waals surface area (Å²) in [5, 5.41) is 6.10. The van der Waals surface area contributed by atoms with Gasteiger partial charge in [-0.05, 0) is 28.8 Å². The van der Waals surface area contributed by atoms with Crippen molar-refractivity contribution in [2.45, 2.75) is 26.2 Å². The first-order valence-corrected chi connectivity index (χ1v) is 12.0. The summed E-state index contributed by atoms with van der Waals surface area (Å²) in [5.41, 5.74) is 3.27. The zero-order valence-corrected chi connectivity index (χ0v) is 19.4. The van der Waals surface area contributed by atoms with Crippen LogP contribution in [0.1, 0.15) is 32.2 Å². The van der Waals surface area contributed by atoms with Gasteiger partial charge in [0.05, 0.1) is 11.1 Å². The standard InChI is InChI=1S/C25H21N5O4S/c31-20-13-34-18-7-6-15(8-17(18)27-20)9-26-24(33)22-28-23(32)21-16-11-30(10-14-4-2-1-3-5-14)12-19(16)35-25(21)29-22/h1-8H,9-13H2,(H,26,33)(H,27,31)(H,28,29,32). The number of aromatic amines is 1. The van der Waals surface area contributed by atoms with Crippen molar-refractivity contribution in [1.29, 1.82) is 0 Å². The van der Waals surface area contributed by atoms with E-state index >= 15 is 0 Å². The van der Waals surface area contributed by atoms with Crippen LogP contribution in [-0.2, 0) is 31.0 Å². The molecule has 0 atom stereocenters. The van der Waals surface area contributed by atoms with Crippen molar-refractivity contribution >= 4 is 39.1 Å². The molecule has 9 nitrogen and oxygen atoms in total. The highest BCUT2D eigenvalue weighted by molar-refractivity contribution is 7.18. The minimum absolute atomic E-state index is 0.0121. The Labute approximate surface area is 203 Å². The predicted molar refractivity (Wildman–Crippen MR) is 131 cm³/mol. The molecular weight excluding hydrogens is 466 g/mol. The highest BCUT2D eigenvalue weighted by atomic mass is 32.1. The SMILES string of the molecule is O=C1COc2ccc(CNC(=O)c3nc4sc5c(c4c(=O)[nH]3)CN(Cc3ccccc3)C5)cc2N1. The first-order chi connectivity index (χ1) is 17.0. The van der Waals surface area contributed by atoms with E-state index in [4.69, 9.17) is 4.74 Å². The lowest BCUT2D eigenvalue weighted by molar-refractivity contribution is -0.118. The van der Waals surface area contributed by atoms with Gasteiger partial charge in [-0.3, -0.25) is 19.3 Å². The van der Waals surface area contributed by atoms with E-state index in [0.717, 1.165) is 29.1 Å². The fourth-order valence-corrected chi connectivity index (χ4v) is 5.68. The minimum Gasteiger partial charge on any atom is -0.482 e. The van der Waals surface area contributed by atoms with Crippen molar-refractivity contribution in [3.8, 4) is 5.75 Å². The van der Waals surface area contributed by atoms with E-state index in [0.29, 0.717) is 28.2 Å². The first kappa shape index (κ1) is 21.5. The zero-order chi connectivity index (χ0) is 23.9. The topological polar surface area (TPSA) is 116 Å². The molecule has 4 heterocycles. The van der Waals surface area contributed by atoms with Gasteiger partial charge in [0, 0.05) is 31.1 Å². The number of anilines is 1. The summed E-state index contributed by atoms with van der Waals surface area (Å²) in [6.45, 7) is 2.44. The molecule has 176 valence electrons. The van der Waals surface area contributed by atoms with E-state index in [1.165, 1.54) is 16.9 Å². The minimum atomic E-state index is -0.471.